The van der Waals surface area contributed by atoms with Crippen LogP contribution in [0, 0.1) is 5.92 Å². The minimum absolute atomic E-state index is 0.00309. The first kappa shape index (κ1) is 17.3. The van der Waals surface area contributed by atoms with E-state index in [0.29, 0.717) is 5.92 Å². The van der Waals surface area contributed by atoms with Gasteiger partial charge in [0.2, 0.25) is 0 Å². The van der Waals surface area contributed by atoms with Crippen LogP contribution in [0.4, 0.5) is 0 Å². The Hall–Kier alpha value is -2.09. The van der Waals surface area contributed by atoms with E-state index in [9.17, 15) is 0 Å². The Morgan fingerprint density at radius 1 is 1.27 bits per heavy atom. The average molecular weight is 358 g/mol. The third-order valence-corrected chi connectivity index (χ3v) is 5.52. The molecular formula is C18H28N7O-. The molecule has 0 spiro atoms. The van der Waals surface area contributed by atoms with Crippen LogP contribution in [-0.4, -0.2) is 39.5 Å². The number of nitrogens with zero attached hydrogens (tertiary/aromatic N) is 6. The SMILES string of the molecule is C1=CO[C@H](C(NCCCn2ccnc2)N2N=N[N-]C2C2CCCC2)CC1. The van der Waals surface area contributed by atoms with Gasteiger partial charge in [0, 0.05) is 18.9 Å². The number of hydrogen-bond acceptors (Lipinski definition) is 6. The monoisotopic (exact) mass is 358 g/mol. The molecule has 3 heterocycles. The van der Waals surface area contributed by atoms with Gasteiger partial charge < -0.3 is 19.7 Å². The Labute approximate surface area is 154 Å². The van der Waals surface area contributed by atoms with E-state index in [0.717, 1.165) is 32.4 Å². The second-order valence-electron chi connectivity index (χ2n) is 7.31. The van der Waals surface area contributed by atoms with E-state index in [4.69, 9.17) is 4.74 Å². The highest BCUT2D eigenvalue weighted by Crippen LogP contribution is 2.37. The molecule has 4 rings (SSSR count). The Morgan fingerprint density at radius 3 is 2.96 bits per heavy atom. The van der Waals surface area contributed by atoms with Crippen LogP contribution in [0.3, 0.4) is 0 Å². The van der Waals surface area contributed by atoms with Crippen molar-refractivity contribution in [1.82, 2.24) is 19.9 Å². The van der Waals surface area contributed by atoms with Crippen LogP contribution in [0.25, 0.3) is 5.43 Å². The third-order valence-electron chi connectivity index (χ3n) is 5.52. The minimum atomic E-state index is 0.00309. The van der Waals surface area contributed by atoms with Gasteiger partial charge in [0.15, 0.2) is 0 Å². The first-order valence-electron chi connectivity index (χ1n) is 9.80. The summed E-state index contributed by atoms with van der Waals surface area (Å²) in [6.45, 7) is 1.83. The van der Waals surface area contributed by atoms with Gasteiger partial charge in [-0.3, -0.25) is 15.8 Å². The molecule has 2 aliphatic heterocycles. The highest BCUT2D eigenvalue weighted by atomic mass is 16.5. The molecule has 1 N–H and O–H groups in total. The highest BCUT2D eigenvalue weighted by Gasteiger charge is 2.35. The van der Waals surface area contributed by atoms with Gasteiger partial charge >= 0.3 is 0 Å². The summed E-state index contributed by atoms with van der Waals surface area (Å²) < 4.78 is 8.02. The van der Waals surface area contributed by atoms with Crippen LogP contribution >= 0.6 is 0 Å². The molecule has 1 aliphatic carbocycles. The van der Waals surface area contributed by atoms with Crippen LogP contribution in [0.15, 0.2) is 41.5 Å². The lowest BCUT2D eigenvalue weighted by Gasteiger charge is -2.43. The predicted octanol–water partition coefficient (Wildman–Crippen LogP) is 3.37. The Bertz CT molecular complexity index is 597. The van der Waals surface area contributed by atoms with E-state index in [1.165, 1.54) is 25.7 Å². The summed E-state index contributed by atoms with van der Waals surface area (Å²) in [6.07, 6.45) is 17.8. The molecule has 8 heteroatoms. The number of nitrogens with one attached hydrogen (secondary N) is 1. The molecule has 1 aromatic rings. The molecular weight excluding hydrogens is 330 g/mol. The molecule has 1 fully saturated rings. The van der Waals surface area contributed by atoms with Crippen molar-refractivity contribution in [2.24, 2.45) is 16.4 Å². The zero-order valence-electron chi connectivity index (χ0n) is 15.2. The molecule has 8 nitrogen and oxygen atoms in total. The minimum Gasteiger partial charge on any atom is -0.495 e. The summed E-state index contributed by atoms with van der Waals surface area (Å²) >= 11 is 0. The second kappa shape index (κ2) is 8.53. The molecule has 1 saturated carbocycles. The van der Waals surface area contributed by atoms with Gasteiger partial charge in [-0.1, -0.05) is 12.8 Å². The maximum Gasteiger partial charge on any atom is 0.132 e. The molecule has 0 bridgehead atoms. The molecule has 3 atom stereocenters. The molecule has 0 radical (unpaired) electrons. The van der Waals surface area contributed by atoms with Crippen molar-refractivity contribution in [1.29, 1.82) is 0 Å². The molecule has 3 aliphatic rings. The van der Waals surface area contributed by atoms with Gasteiger partial charge in [0.1, 0.15) is 12.3 Å². The maximum absolute atomic E-state index is 5.92. The lowest BCUT2D eigenvalue weighted by Crippen LogP contribution is -2.55. The van der Waals surface area contributed by atoms with Gasteiger partial charge in [0.25, 0.3) is 0 Å². The molecule has 26 heavy (non-hydrogen) atoms. The van der Waals surface area contributed by atoms with Crippen molar-refractivity contribution in [2.45, 2.75) is 69.9 Å². The number of imidazole rings is 1. The summed E-state index contributed by atoms with van der Waals surface area (Å²) in [5.74, 6) is 0.555. The van der Waals surface area contributed by atoms with E-state index in [1.54, 1.807) is 0 Å². The second-order valence-corrected chi connectivity index (χ2v) is 7.31. The molecule has 2 unspecified atom stereocenters. The van der Waals surface area contributed by atoms with Crippen LogP contribution in [0.1, 0.15) is 44.9 Å². The quantitative estimate of drug-likeness (QED) is 0.723. The van der Waals surface area contributed by atoms with Gasteiger partial charge in [-0.2, -0.15) is 0 Å². The Balaban J connectivity index is 1.38. The van der Waals surface area contributed by atoms with Gasteiger partial charge in [-0.25, -0.2) is 4.98 Å². The van der Waals surface area contributed by atoms with Gasteiger partial charge in [-0.05, 0) is 50.6 Å². The lowest BCUT2D eigenvalue weighted by molar-refractivity contribution is -0.0102. The van der Waals surface area contributed by atoms with Crippen molar-refractivity contribution in [3.63, 3.8) is 0 Å². The zero-order valence-corrected chi connectivity index (χ0v) is 15.2. The normalized spacial score (nSPS) is 26.8. The van der Waals surface area contributed by atoms with Crippen molar-refractivity contribution >= 4 is 0 Å². The fourth-order valence-electron chi connectivity index (χ4n) is 4.13. The number of allylic oxidation sites excluding steroid dienone is 1. The van der Waals surface area contributed by atoms with E-state index in [2.05, 4.69) is 41.8 Å². The smallest absolute Gasteiger partial charge is 0.132 e. The van der Waals surface area contributed by atoms with Crippen molar-refractivity contribution < 1.29 is 4.74 Å². The van der Waals surface area contributed by atoms with Gasteiger partial charge in [0.05, 0.1) is 18.8 Å². The van der Waals surface area contributed by atoms with E-state index in [-0.39, 0.29) is 18.4 Å². The van der Waals surface area contributed by atoms with Gasteiger partial charge in [-0.15, -0.1) is 0 Å². The summed E-state index contributed by atoms with van der Waals surface area (Å²) in [4.78, 5) is 4.09. The van der Waals surface area contributed by atoms with Crippen LogP contribution in [-0.2, 0) is 11.3 Å². The van der Waals surface area contributed by atoms with E-state index in [1.807, 2.05) is 25.0 Å². The molecule has 0 saturated heterocycles. The van der Waals surface area contributed by atoms with Crippen LogP contribution < -0.4 is 5.32 Å². The maximum atomic E-state index is 5.92. The largest absolute Gasteiger partial charge is 0.495 e. The van der Waals surface area contributed by atoms with Crippen molar-refractivity contribution in [3.8, 4) is 0 Å². The third kappa shape index (κ3) is 4.00. The summed E-state index contributed by atoms with van der Waals surface area (Å²) in [5.41, 5.74) is 4.44. The molecule has 0 amide bonds. The first-order valence-corrected chi connectivity index (χ1v) is 9.80. The van der Waals surface area contributed by atoms with Crippen LogP contribution in [0.5, 0.6) is 0 Å². The summed E-state index contributed by atoms with van der Waals surface area (Å²) in [7, 11) is 0. The topological polar surface area (TPSA) is 81.1 Å². The fourth-order valence-corrected chi connectivity index (χ4v) is 4.13. The lowest BCUT2D eigenvalue weighted by atomic mass is 10.0. The molecule has 0 aromatic carbocycles. The van der Waals surface area contributed by atoms with Crippen molar-refractivity contribution in [2.75, 3.05) is 6.54 Å². The average Bonchev–Trinajstić information content (AvgIpc) is 3.44. The predicted molar refractivity (Wildman–Crippen MR) is 97.7 cm³/mol. The number of aryl methyl sites for hydroxylation is 1. The number of aromatic nitrogens is 2. The first-order chi connectivity index (χ1) is 12.9. The van der Waals surface area contributed by atoms with Crippen molar-refractivity contribution in [3.05, 3.63) is 36.5 Å². The molecule has 1 aromatic heterocycles. The molecule has 142 valence electrons. The highest BCUT2D eigenvalue weighted by molar-refractivity contribution is 4.99. The van der Waals surface area contributed by atoms with E-state index < -0.39 is 0 Å². The Morgan fingerprint density at radius 2 is 2.19 bits per heavy atom. The Kier molecular flexibility index (Phi) is 5.68. The number of rotatable bonds is 8. The summed E-state index contributed by atoms with van der Waals surface area (Å²) in [6, 6.07) is 0. The fraction of sp³-hybridized carbons (Fsp3) is 0.722. The van der Waals surface area contributed by atoms with Crippen LogP contribution in [0.2, 0.25) is 0 Å². The van der Waals surface area contributed by atoms with E-state index >= 15 is 0 Å². The summed E-state index contributed by atoms with van der Waals surface area (Å²) in [5, 5.41) is 14.1. The number of ether oxygens (including phenoxy) is 1. The standard InChI is InChI=1S/C18H28N7O/c1-2-7-15(6-1)17-21-22-23-25(17)18(16-8-3-4-13-26-16)20-9-5-11-24-12-10-19-14-24/h4,10,12-18,20H,1-3,5-9,11H2/q-1/t16-,17?,18?/m0/s1. The number of hydrogen-bond donors (Lipinski definition) is 1. The zero-order chi connectivity index (χ0) is 17.6.